The van der Waals surface area contributed by atoms with Crippen molar-refractivity contribution in [2.24, 2.45) is 5.92 Å². The minimum absolute atomic E-state index is 0.0129. The molecule has 1 aliphatic carbocycles. The van der Waals surface area contributed by atoms with E-state index in [0.29, 0.717) is 18.0 Å². The van der Waals surface area contributed by atoms with E-state index in [9.17, 15) is 9.59 Å². The number of amides is 1. The van der Waals surface area contributed by atoms with Crippen molar-refractivity contribution in [3.8, 4) is 11.5 Å². The SMILES string of the molecule is COc1ccc(CNC(=O)[C@@H](C)OC(=O)C2CC2)cc1OC. The maximum absolute atomic E-state index is 11.9. The summed E-state index contributed by atoms with van der Waals surface area (Å²) < 4.78 is 15.5. The molecule has 2 rings (SSSR count). The molecule has 0 heterocycles. The fourth-order valence-corrected chi connectivity index (χ4v) is 1.97. The predicted molar refractivity (Wildman–Crippen MR) is 79.7 cm³/mol. The van der Waals surface area contributed by atoms with Gasteiger partial charge in [0.2, 0.25) is 0 Å². The Hall–Kier alpha value is -2.24. The Morgan fingerprint density at radius 1 is 1.23 bits per heavy atom. The van der Waals surface area contributed by atoms with E-state index >= 15 is 0 Å². The molecule has 1 amide bonds. The van der Waals surface area contributed by atoms with Gasteiger partial charge in [-0.3, -0.25) is 9.59 Å². The van der Waals surface area contributed by atoms with Crippen LogP contribution >= 0.6 is 0 Å². The predicted octanol–water partition coefficient (Wildman–Crippen LogP) is 1.66. The number of nitrogens with one attached hydrogen (secondary N) is 1. The summed E-state index contributed by atoms with van der Waals surface area (Å²) in [6.07, 6.45) is 0.936. The van der Waals surface area contributed by atoms with Gasteiger partial charge in [-0.15, -0.1) is 0 Å². The average Bonchev–Trinajstić information content (AvgIpc) is 3.36. The topological polar surface area (TPSA) is 73.9 Å². The molecule has 1 fully saturated rings. The molecule has 0 spiro atoms. The molecule has 0 aliphatic heterocycles. The van der Waals surface area contributed by atoms with Crippen LogP contribution in [0.5, 0.6) is 11.5 Å². The maximum atomic E-state index is 11.9. The highest BCUT2D eigenvalue weighted by molar-refractivity contribution is 5.84. The van der Waals surface area contributed by atoms with E-state index in [2.05, 4.69) is 5.32 Å². The summed E-state index contributed by atoms with van der Waals surface area (Å²) in [6.45, 7) is 1.90. The first kappa shape index (κ1) is 16.1. The van der Waals surface area contributed by atoms with Gasteiger partial charge in [0.1, 0.15) is 0 Å². The lowest BCUT2D eigenvalue weighted by atomic mass is 10.2. The summed E-state index contributed by atoms with van der Waals surface area (Å²) in [5, 5.41) is 2.74. The molecule has 0 bridgehead atoms. The number of methoxy groups -OCH3 is 2. The van der Waals surface area contributed by atoms with Crippen molar-refractivity contribution in [1.29, 1.82) is 0 Å². The van der Waals surface area contributed by atoms with Crippen LogP contribution < -0.4 is 14.8 Å². The second-order valence-corrected chi connectivity index (χ2v) is 5.26. The Kier molecular flexibility index (Phi) is 5.25. The van der Waals surface area contributed by atoms with Gasteiger partial charge in [0.15, 0.2) is 17.6 Å². The first-order valence-corrected chi connectivity index (χ1v) is 7.24. The zero-order valence-electron chi connectivity index (χ0n) is 13.0. The molecule has 120 valence electrons. The molecule has 1 atom stereocenters. The van der Waals surface area contributed by atoms with E-state index in [1.807, 2.05) is 6.07 Å². The monoisotopic (exact) mass is 307 g/mol. The molecule has 0 unspecified atom stereocenters. The van der Waals surface area contributed by atoms with Gasteiger partial charge in [0, 0.05) is 6.54 Å². The Bertz CT molecular complexity index is 553. The molecule has 6 nitrogen and oxygen atoms in total. The second-order valence-electron chi connectivity index (χ2n) is 5.26. The van der Waals surface area contributed by atoms with E-state index in [-0.39, 0.29) is 17.8 Å². The maximum Gasteiger partial charge on any atom is 0.309 e. The van der Waals surface area contributed by atoms with Crippen LogP contribution in [0.2, 0.25) is 0 Å². The number of ether oxygens (including phenoxy) is 3. The van der Waals surface area contributed by atoms with Gasteiger partial charge in [0.25, 0.3) is 5.91 Å². The normalized spacial score (nSPS) is 14.9. The molecule has 1 aliphatic rings. The van der Waals surface area contributed by atoms with Crippen molar-refractivity contribution in [2.45, 2.75) is 32.4 Å². The highest BCUT2D eigenvalue weighted by Gasteiger charge is 2.33. The standard InChI is InChI=1S/C16H21NO5/c1-10(22-16(19)12-5-6-12)15(18)17-9-11-4-7-13(20-2)14(8-11)21-3/h4,7-8,10,12H,5-6,9H2,1-3H3,(H,17,18)/t10-/m1/s1. The average molecular weight is 307 g/mol. The minimum atomic E-state index is -0.784. The van der Waals surface area contributed by atoms with E-state index in [1.165, 1.54) is 0 Å². The number of hydrogen-bond acceptors (Lipinski definition) is 5. The zero-order chi connectivity index (χ0) is 16.1. The third-order valence-corrected chi connectivity index (χ3v) is 3.49. The van der Waals surface area contributed by atoms with Gasteiger partial charge in [0.05, 0.1) is 20.1 Å². The summed E-state index contributed by atoms with van der Waals surface area (Å²) in [7, 11) is 3.12. The Morgan fingerprint density at radius 2 is 1.91 bits per heavy atom. The number of rotatable bonds is 7. The molecule has 0 saturated heterocycles. The van der Waals surface area contributed by atoms with Crippen LogP contribution in [0.3, 0.4) is 0 Å². The first-order valence-electron chi connectivity index (χ1n) is 7.24. The Balaban J connectivity index is 1.86. The Labute approximate surface area is 129 Å². The number of carbonyl (C=O) groups excluding carboxylic acids is 2. The van der Waals surface area contributed by atoms with Gasteiger partial charge in [-0.1, -0.05) is 6.07 Å². The molecule has 22 heavy (non-hydrogen) atoms. The molecular formula is C16H21NO5. The van der Waals surface area contributed by atoms with Crippen molar-refractivity contribution < 1.29 is 23.8 Å². The lowest BCUT2D eigenvalue weighted by molar-refractivity contribution is -0.156. The minimum Gasteiger partial charge on any atom is -0.493 e. The van der Waals surface area contributed by atoms with Crippen molar-refractivity contribution in [1.82, 2.24) is 5.32 Å². The molecule has 1 aromatic carbocycles. The number of benzene rings is 1. The Morgan fingerprint density at radius 3 is 2.50 bits per heavy atom. The molecule has 1 aromatic rings. The van der Waals surface area contributed by atoms with Crippen LogP contribution in [0.25, 0.3) is 0 Å². The largest absolute Gasteiger partial charge is 0.493 e. The van der Waals surface area contributed by atoms with Crippen molar-refractivity contribution >= 4 is 11.9 Å². The van der Waals surface area contributed by atoms with Crippen LogP contribution in [0.15, 0.2) is 18.2 Å². The van der Waals surface area contributed by atoms with Gasteiger partial charge in [-0.2, -0.15) is 0 Å². The van der Waals surface area contributed by atoms with Crippen LogP contribution in [0.4, 0.5) is 0 Å². The molecular weight excluding hydrogens is 286 g/mol. The first-order chi connectivity index (χ1) is 10.5. The van der Waals surface area contributed by atoms with Crippen molar-refractivity contribution in [3.63, 3.8) is 0 Å². The van der Waals surface area contributed by atoms with Crippen molar-refractivity contribution in [2.75, 3.05) is 14.2 Å². The lowest BCUT2D eigenvalue weighted by Crippen LogP contribution is -2.35. The van der Waals surface area contributed by atoms with Crippen molar-refractivity contribution in [3.05, 3.63) is 23.8 Å². The summed E-state index contributed by atoms with van der Waals surface area (Å²) in [5.41, 5.74) is 0.867. The van der Waals surface area contributed by atoms with E-state index in [4.69, 9.17) is 14.2 Å². The highest BCUT2D eigenvalue weighted by Crippen LogP contribution is 2.30. The van der Waals surface area contributed by atoms with E-state index in [1.54, 1.807) is 33.3 Å². The quantitative estimate of drug-likeness (QED) is 0.776. The summed E-state index contributed by atoms with van der Waals surface area (Å²) >= 11 is 0. The summed E-state index contributed by atoms with van der Waals surface area (Å²) in [4.78, 5) is 23.4. The summed E-state index contributed by atoms with van der Waals surface area (Å²) in [6, 6.07) is 5.40. The fraction of sp³-hybridized carbons (Fsp3) is 0.500. The third-order valence-electron chi connectivity index (χ3n) is 3.49. The third kappa shape index (κ3) is 4.13. The molecule has 1 saturated carbocycles. The zero-order valence-corrected chi connectivity index (χ0v) is 13.0. The number of hydrogen-bond donors (Lipinski definition) is 1. The van der Waals surface area contributed by atoms with Gasteiger partial charge in [-0.05, 0) is 37.5 Å². The fourth-order valence-electron chi connectivity index (χ4n) is 1.97. The number of esters is 1. The van der Waals surface area contributed by atoms with Crippen LogP contribution in [0, 0.1) is 5.92 Å². The molecule has 0 radical (unpaired) electrons. The van der Waals surface area contributed by atoms with Gasteiger partial charge in [-0.25, -0.2) is 0 Å². The molecule has 1 N–H and O–H groups in total. The van der Waals surface area contributed by atoms with Crippen LogP contribution in [-0.2, 0) is 20.9 Å². The highest BCUT2D eigenvalue weighted by atomic mass is 16.5. The smallest absolute Gasteiger partial charge is 0.309 e. The van der Waals surface area contributed by atoms with Gasteiger partial charge < -0.3 is 19.5 Å². The van der Waals surface area contributed by atoms with E-state index < -0.39 is 6.10 Å². The lowest BCUT2D eigenvalue weighted by Gasteiger charge is -2.14. The second kappa shape index (κ2) is 7.15. The summed E-state index contributed by atoms with van der Waals surface area (Å²) in [5.74, 6) is 0.616. The number of carbonyl (C=O) groups is 2. The molecule has 6 heteroatoms. The van der Waals surface area contributed by atoms with E-state index in [0.717, 1.165) is 18.4 Å². The van der Waals surface area contributed by atoms with Gasteiger partial charge >= 0.3 is 5.97 Å². The molecule has 0 aromatic heterocycles. The van der Waals surface area contributed by atoms with Crippen LogP contribution in [0.1, 0.15) is 25.3 Å². The van der Waals surface area contributed by atoms with Crippen LogP contribution in [-0.4, -0.2) is 32.2 Å².